The molecule has 8 nitrogen and oxygen atoms in total. The third-order valence-electron chi connectivity index (χ3n) is 5.48. The molecule has 9 heteroatoms. The molecule has 28 heavy (non-hydrogen) atoms. The third kappa shape index (κ3) is 4.94. The number of rotatable bonds is 6. The van der Waals surface area contributed by atoms with E-state index >= 15 is 0 Å². The summed E-state index contributed by atoms with van der Waals surface area (Å²) in [5, 5.41) is 0. The van der Waals surface area contributed by atoms with Crippen LogP contribution in [0.5, 0.6) is 5.88 Å². The first kappa shape index (κ1) is 20.9. The van der Waals surface area contributed by atoms with Gasteiger partial charge in [-0.15, -0.1) is 0 Å². The molecule has 1 aromatic heterocycles. The number of likely N-dealkylation sites (tertiary alicyclic amines) is 1. The van der Waals surface area contributed by atoms with Crippen molar-refractivity contribution in [2.45, 2.75) is 38.7 Å². The number of hydrogen-bond donors (Lipinski definition) is 0. The highest BCUT2D eigenvalue weighted by atomic mass is 32.2. The molecule has 2 aliphatic rings. The maximum atomic E-state index is 12.6. The van der Waals surface area contributed by atoms with Gasteiger partial charge >= 0.3 is 0 Å². The summed E-state index contributed by atoms with van der Waals surface area (Å²) < 4.78 is 36.4. The maximum Gasteiger partial charge on any atom is 0.234 e. The zero-order valence-electron chi connectivity index (χ0n) is 16.5. The highest BCUT2D eigenvalue weighted by Crippen LogP contribution is 2.24. The Hall–Kier alpha value is -1.87. The molecule has 1 amide bonds. The Bertz CT molecular complexity index is 754. The second kappa shape index (κ2) is 9.09. The standard InChI is InChI=1S/C19H29N3O5S/c1-3-28(24,25)21(2)16-4-5-18(20-14-16)27-17-6-10-22(11-7-17)19(23)15-8-12-26-13-9-15/h4-5,14-15,17H,3,6-13H2,1-2H3. The van der Waals surface area contributed by atoms with E-state index in [0.29, 0.717) is 37.9 Å². The molecule has 0 N–H and O–H groups in total. The van der Waals surface area contributed by atoms with Crippen molar-refractivity contribution in [3.8, 4) is 5.88 Å². The molecule has 0 bridgehead atoms. The number of nitrogens with zero attached hydrogens (tertiary/aromatic N) is 3. The highest BCUT2D eigenvalue weighted by molar-refractivity contribution is 7.92. The molecule has 0 aromatic carbocycles. The normalized spacial score (nSPS) is 19.4. The van der Waals surface area contributed by atoms with Crippen LogP contribution < -0.4 is 9.04 Å². The zero-order chi connectivity index (χ0) is 20.1. The van der Waals surface area contributed by atoms with Crippen LogP contribution in [0.4, 0.5) is 5.69 Å². The molecule has 156 valence electrons. The summed E-state index contributed by atoms with van der Waals surface area (Å²) in [6.45, 7) is 4.33. The van der Waals surface area contributed by atoms with Crippen LogP contribution in [-0.2, 0) is 19.6 Å². The minimum Gasteiger partial charge on any atom is -0.474 e. The lowest BCUT2D eigenvalue weighted by Crippen LogP contribution is -2.45. The number of hydrogen-bond acceptors (Lipinski definition) is 6. The second-order valence-corrected chi connectivity index (χ2v) is 9.54. The van der Waals surface area contributed by atoms with Gasteiger partial charge in [0.05, 0.1) is 17.6 Å². The van der Waals surface area contributed by atoms with Crippen LogP contribution in [-0.4, -0.2) is 69.4 Å². The molecule has 3 heterocycles. The first-order chi connectivity index (χ1) is 13.4. The summed E-state index contributed by atoms with van der Waals surface area (Å²) in [6, 6.07) is 3.38. The molecular weight excluding hydrogens is 382 g/mol. The van der Waals surface area contributed by atoms with Crippen LogP contribution in [0.3, 0.4) is 0 Å². The van der Waals surface area contributed by atoms with Crippen molar-refractivity contribution in [2.75, 3.05) is 43.4 Å². The fourth-order valence-corrected chi connectivity index (χ4v) is 4.37. The quantitative estimate of drug-likeness (QED) is 0.707. The largest absolute Gasteiger partial charge is 0.474 e. The number of ether oxygens (including phenoxy) is 2. The molecule has 0 spiro atoms. The fraction of sp³-hybridized carbons (Fsp3) is 0.684. The molecule has 2 saturated heterocycles. The zero-order valence-corrected chi connectivity index (χ0v) is 17.4. The van der Waals surface area contributed by atoms with Crippen molar-refractivity contribution in [2.24, 2.45) is 5.92 Å². The van der Waals surface area contributed by atoms with E-state index in [2.05, 4.69) is 4.98 Å². The molecule has 1 aromatic rings. The summed E-state index contributed by atoms with van der Waals surface area (Å²) >= 11 is 0. The lowest BCUT2D eigenvalue weighted by atomic mass is 9.97. The van der Waals surface area contributed by atoms with Gasteiger partial charge < -0.3 is 14.4 Å². The molecule has 2 fully saturated rings. The number of anilines is 1. The molecule has 2 aliphatic heterocycles. The van der Waals surface area contributed by atoms with E-state index in [1.807, 2.05) is 4.90 Å². The molecule has 0 aliphatic carbocycles. The number of piperidine rings is 1. The first-order valence-corrected chi connectivity index (χ1v) is 11.5. The van der Waals surface area contributed by atoms with Crippen LogP contribution in [0.25, 0.3) is 0 Å². The SMILES string of the molecule is CCS(=O)(=O)N(C)c1ccc(OC2CCN(C(=O)C3CCOCC3)CC2)nc1. The predicted octanol–water partition coefficient (Wildman–Crippen LogP) is 1.66. The van der Waals surface area contributed by atoms with E-state index in [1.54, 1.807) is 19.1 Å². The number of amides is 1. The van der Waals surface area contributed by atoms with Crippen molar-refractivity contribution in [3.05, 3.63) is 18.3 Å². The number of aromatic nitrogens is 1. The number of sulfonamides is 1. The Labute approximate surface area is 166 Å². The van der Waals surface area contributed by atoms with Gasteiger partial charge in [0.25, 0.3) is 0 Å². The van der Waals surface area contributed by atoms with E-state index in [-0.39, 0.29) is 23.7 Å². The van der Waals surface area contributed by atoms with Gasteiger partial charge in [0, 0.05) is 58.2 Å². The van der Waals surface area contributed by atoms with Gasteiger partial charge in [-0.3, -0.25) is 9.10 Å². The van der Waals surface area contributed by atoms with Gasteiger partial charge in [-0.1, -0.05) is 0 Å². The summed E-state index contributed by atoms with van der Waals surface area (Å²) in [5.41, 5.74) is 0.506. The smallest absolute Gasteiger partial charge is 0.234 e. The van der Waals surface area contributed by atoms with Gasteiger partial charge in [0.1, 0.15) is 6.10 Å². The average Bonchev–Trinajstić information content (AvgIpc) is 2.74. The lowest BCUT2D eigenvalue weighted by molar-refractivity contribution is -0.140. The van der Waals surface area contributed by atoms with Crippen molar-refractivity contribution in [3.63, 3.8) is 0 Å². The molecule has 0 saturated carbocycles. The van der Waals surface area contributed by atoms with Crippen molar-refractivity contribution >= 4 is 21.6 Å². The Kier molecular flexibility index (Phi) is 6.77. The molecule has 0 atom stereocenters. The Morgan fingerprint density at radius 1 is 1.25 bits per heavy atom. The monoisotopic (exact) mass is 411 g/mol. The summed E-state index contributed by atoms with van der Waals surface area (Å²) in [6.07, 6.45) is 4.67. The van der Waals surface area contributed by atoms with Crippen LogP contribution in [0.15, 0.2) is 18.3 Å². The average molecular weight is 412 g/mol. The highest BCUT2D eigenvalue weighted by Gasteiger charge is 2.30. The lowest BCUT2D eigenvalue weighted by Gasteiger charge is -2.35. The Morgan fingerprint density at radius 2 is 1.93 bits per heavy atom. The number of carbonyl (C=O) groups excluding carboxylic acids is 1. The Balaban J connectivity index is 1.50. The third-order valence-corrected chi connectivity index (χ3v) is 7.25. The second-order valence-electron chi connectivity index (χ2n) is 7.25. The van der Waals surface area contributed by atoms with Crippen molar-refractivity contribution in [1.29, 1.82) is 0 Å². The van der Waals surface area contributed by atoms with Crippen molar-refractivity contribution in [1.82, 2.24) is 9.88 Å². The molecular formula is C19H29N3O5S. The van der Waals surface area contributed by atoms with E-state index in [1.165, 1.54) is 17.5 Å². The Morgan fingerprint density at radius 3 is 2.50 bits per heavy atom. The van der Waals surface area contributed by atoms with E-state index in [4.69, 9.17) is 9.47 Å². The van der Waals surface area contributed by atoms with Gasteiger partial charge in [-0.05, 0) is 25.8 Å². The van der Waals surface area contributed by atoms with Crippen LogP contribution in [0.1, 0.15) is 32.6 Å². The van der Waals surface area contributed by atoms with Crippen molar-refractivity contribution < 1.29 is 22.7 Å². The minimum absolute atomic E-state index is 0.00851. The summed E-state index contributed by atoms with van der Waals surface area (Å²) in [4.78, 5) is 18.8. The van der Waals surface area contributed by atoms with Crippen LogP contribution in [0.2, 0.25) is 0 Å². The van der Waals surface area contributed by atoms with Gasteiger partial charge in [0.15, 0.2) is 0 Å². The van der Waals surface area contributed by atoms with Gasteiger partial charge in [-0.25, -0.2) is 13.4 Å². The van der Waals surface area contributed by atoms with E-state index in [0.717, 1.165) is 25.7 Å². The number of carbonyl (C=O) groups is 1. The molecule has 3 rings (SSSR count). The van der Waals surface area contributed by atoms with Crippen LogP contribution in [0, 0.1) is 5.92 Å². The van der Waals surface area contributed by atoms with E-state index in [9.17, 15) is 13.2 Å². The summed E-state index contributed by atoms with van der Waals surface area (Å²) in [7, 11) is -1.79. The van der Waals surface area contributed by atoms with Crippen LogP contribution >= 0.6 is 0 Å². The fourth-order valence-electron chi connectivity index (χ4n) is 3.55. The number of pyridine rings is 1. The van der Waals surface area contributed by atoms with E-state index < -0.39 is 10.0 Å². The molecule has 0 unspecified atom stereocenters. The summed E-state index contributed by atoms with van der Waals surface area (Å²) in [5.74, 6) is 0.842. The maximum absolute atomic E-state index is 12.6. The topological polar surface area (TPSA) is 89.0 Å². The predicted molar refractivity (Wildman–Crippen MR) is 106 cm³/mol. The minimum atomic E-state index is -3.31. The molecule has 0 radical (unpaired) electrons. The first-order valence-electron chi connectivity index (χ1n) is 9.86. The van der Waals surface area contributed by atoms with Gasteiger partial charge in [0.2, 0.25) is 21.8 Å². The van der Waals surface area contributed by atoms with Gasteiger partial charge in [-0.2, -0.15) is 0 Å².